The first-order valence-corrected chi connectivity index (χ1v) is 9.17. The molecule has 0 unspecified atom stereocenters. The van der Waals surface area contributed by atoms with E-state index < -0.39 is 5.97 Å². The molecule has 0 saturated heterocycles. The molecule has 1 amide bonds. The maximum absolute atomic E-state index is 12.8. The van der Waals surface area contributed by atoms with Gasteiger partial charge in [0.25, 0.3) is 0 Å². The van der Waals surface area contributed by atoms with Gasteiger partial charge in [0.1, 0.15) is 4.88 Å². The fourth-order valence-electron chi connectivity index (χ4n) is 3.32. The molecule has 0 radical (unpaired) electrons. The summed E-state index contributed by atoms with van der Waals surface area (Å²) in [4.78, 5) is 27.3. The van der Waals surface area contributed by atoms with Crippen molar-refractivity contribution in [2.75, 3.05) is 11.4 Å². The number of thiophene rings is 1. The highest BCUT2D eigenvalue weighted by Gasteiger charge is 2.30. The van der Waals surface area contributed by atoms with Gasteiger partial charge in [-0.25, -0.2) is 4.79 Å². The van der Waals surface area contributed by atoms with Gasteiger partial charge < -0.3 is 10.0 Å². The number of nitrogens with zero attached hydrogens (tertiary/aromatic N) is 1. The summed E-state index contributed by atoms with van der Waals surface area (Å²) in [7, 11) is 0. The molecule has 1 aliphatic carbocycles. The summed E-state index contributed by atoms with van der Waals surface area (Å²) in [5, 5.41) is 9.59. The number of amides is 1. The lowest BCUT2D eigenvalue weighted by atomic mass is 10.1. The summed E-state index contributed by atoms with van der Waals surface area (Å²) in [6, 6.07) is 11.5. The lowest BCUT2D eigenvalue weighted by molar-refractivity contribution is -0.122. The van der Waals surface area contributed by atoms with Crippen LogP contribution in [-0.4, -0.2) is 23.5 Å². The number of aromatic carboxylic acids is 1. The SMILES string of the molecule is CCN(C(=O)C1CCCC1)c1cc(-c2ccccc2)sc1C(=O)O. The van der Waals surface area contributed by atoms with E-state index in [9.17, 15) is 14.7 Å². The van der Waals surface area contributed by atoms with Crippen molar-refractivity contribution in [3.05, 3.63) is 41.3 Å². The van der Waals surface area contributed by atoms with Crippen molar-refractivity contribution in [2.45, 2.75) is 32.6 Å². The van der Waals surface area contributed by atoms with Crippen LogP contribution in [0.25, 0.3) is 10.4 Å². The number of hydrogen-bond acceptors (Lipinski definition) is 3. The molecule has 1 heterocycles. The molecule has 0 atom stereocenters. The Morgan fingerprint density at radius 2 is 1.88 bits per heavy atom. The number of rotatable bonds is 5. The van der Waals surface area contributed by atoms with Gasteiger partial charge in [0.05, 0.1) is 5.69 Å². The van der Waals surface area contributed by atoms with Crippen molar-refractivity contribution in [3.8, 4) is 10.4 Å². The third kappa shape index (κ3) is 3.22. The lowest BCUT2D eigenvalue weighted by Crippen LogP contribution is -2.35. The van der Waals surface area contributed by atoms with Crippen molar-refractivity contribution in [3.63, 3.8) is 0 Å². The zero-order chi connectivity index (χ0) is 17.1. The smallest absolute Gasteiger partial charge is 0.348 e. The summed E-state index contributed by atoms with van der Waals surface area (Å²) in [5.41, 5.74) is 1.51. The van der Waals surface area contributed by atoms with Crippen molar-refractivity contribution >= 4 is 28.9 Å². The van der Waals surface area contributed by atoms with Gasteiger partial charge in [0.2, 0.25) is 5.91 Å². The molecule has 0 spiro atoms. The first-order chi connectivity index (χ1) is 11.6. The fourth-order valence-corrected chi connectivity index (χ4v) is 4.32. The molecule has 1 aliphatic rings. The normalized spacial score (nSPS) is 14.7. The van der Waals surface area contributed by atoms with Gasteiger partial charge >= 0.3 is 5.97 Å². The van der Waals surface area contributed by atoms with Gasteiger partial charge in [0.15, 0.2) is 0 Å². The van der Waals surface area contributed by atoms with Crippen LogP contribution in [0, 0.1) is 5.92 Å². The van der Waals surface area contributed by atoms with E-state index in [0.29, 0.717) is 12.2 Å². The Labute approximate surface area is 145 Å². The van der Waals surface area contributed by atoms with E-state index in [0.717, 1.165) is 36.1 Å². The van der Waals surface area contributed by atoms with Crippen molar-refractivity contribution in [2.24, 2.45) is 5.92 Å². The Balaban J connectivity index is 1.99. The highest BCUT2D eigenvalue weighted by Crippen LogP contribution is 2.38. The Morgan fingerprint density at radius 3 is 2.46 bits per heavy atom. The third-order valence-electron chi connectivity index (χ3n) is 4.54. The molecule has 4 nitrogen and oxygen atoms in total. The Bertz CT molecular complexity index is 732. The van der Waals surface area contributed by atoms with E-state index in [1.54, 1.807) is 4.90 Å². The van der Waals surface area contributed by atoms with E-state index in [1.165, 1.54) is 11.3 Å². The molecular weight excluding hydrogens is 322 g/mol. The molecule has 0 bridgehead atoms. The van der Waals surface area contributed by atoms with Crippen LogP contribution in [-0.2, 0) is 4.79 Å². The van der Waals surface area contributed by atoms with Crippen LogP contribution in [0.15, 0.2) is 36.4 Å². The molecular formula is C19H21NO3S. The summed E-state index contributed by atoms with van der Waals surface area (Å²) in [5.74, 6) is -0.878. The van der Waals surface area contributed by atoms with Crippen LogP contribution in [0.3, 0.4) is 0 Å². The zero-order valence-electron chi connectivity index (χ0n) is 13.7. The Hall–Kier alpha value is -2.14. The average Bonchev–Trinajstić information content (AvgIpc) is 3.26. The largest absolute Gasteiger partial charge is 0.477 e. The van der Waals surface area contributed by atoms with E-state index in [1.807, 2.05) is 43.3 Å². The molecule has 126 valence electrons. The Kier molecular flexibility index (Phi) is 5.00. The maximum Gasteiger partial charge on any atom is 0.348 e. The van der Waals surface area contributed by atoms with Gasteiger partial charge in [-0.3, -0.25) is 4.79 Å². The predicted octanol–water partition coefficient (Wildman–Crippen LogP) is 4.66. The minimum Gasteiger partial charge on any atom is -0.477 e. The molecule has 2 aromatic rings. The lowest BCUT2D eigenvalue weighted by Gasteiger charge is -2.24. The monoisotopic (exact) mass is 343 g/mol. The summed E-state index contributed by atoms with van der Waals surface area (Å²) in [6.45, 7) is 2.39. The molecule has 1 N–H and O–H groups in total. The first kappa shape index (κ1) is 16.7. The van der Waals surface area contributed by atoms with E-state index in [2.05, 4.69) is 0 Å². The topological polar surface area (TPSA) is 57.6 Å². The van der Waals surface area contributed by atoms with Crippen LogP contribution in [0.4, 0.5) is 5.69 Å². The molecule has 0 aliphatic heterocycles. The van der Waals surface area contributed by atoms with Gasteiger partial charge in [-0.05, 0) is 31.4 Å². The van der Waals surface area contributed by atoms with Crippen LogP contribution >= 0.6 is 11.3 Å². The Morgan fingerprint density at radius 1 is 1.21 bits per heavy atom. The van der Waals surface area contributed by atoms with Crippen LogP contribution in [0.5, 0.6) is 0 Å². The minimum atomic E-state index is -0.977. The molecule has 1 fully saturated rings. The summed E-state index contributed by atoms with van der Waals surface area (Å²) >= 11 is 1.23. The fraction of sp³-hybridized carbons (Fsp3) is 0.368. The second-order valence-electron chi connectivity index (χ2n) is 6.06. The highest BCUT2D eigenvalue weighted by molar-refractivity contribution is 7.18. The molecule has 3 rings (SSSR count). The van der Waals surface area contributed by atoms with Crippen molar-refractivity contribution in [1.82, 2.24) is 0 Å². The quantitative estimate of drug-likeness (QED) is 0.859. The number of carbonyl (C=O) groups is 2. The van der Waals surface area contributed by atoms with E-state index >= 15 is 0 Å². The highest BCUT2D eigenvalue weighted by atomic mass is 32.1. The van der Waals surface area contributed by atoms with E-state index in [-0.39, 0.29) is 16.7 Å². The van der Waals surface area contributed by atoms with Gasteiger partial charge in [-0.2, -0.15) is 0 Å². The number of hydrogen-bond donors (Lipinski definition) is 1. The van der Waals surface area contributed by atoms with Gasteiger partial charge in [0, 0.05) is 17.3 Å². The van der Waals surface area contributed by atoms with Crippen LogP contribution in [0.1, 0.15) is 42.3 Å². The molecule has 24 heavy (non-hydrogen) atoms. The number of carboxylic acid groups (broad SMARTS) is 1. The number of carboxylic acids is 1. The first-order valence-electron chi connectivity index (χ1n) is 8.35. The zero-order valence-corrected chi connectivity index (χ0v) is 14.5. The van der Waals surface area contributed by atoms with Gasteiger partial charge in [-0.15, -0.1) is 11.3 Å². The minimum absolute atomic E-state index is 0.0340. The van der Waals surface area contributed by atoms with Crippen molar-refractivity contribution in [1.29, 1.82) is 0 Å². The number of carbonyl (C=O) groups excluding carboxylic acids is 1. The molecule has 1 saturated carbocycles. The third-order valence-corrected chi connectivity index (χ3v) is 5.70. The number of benzene rings is 1. The maximum atomic E-state index is 12.8. The average molecular weight is 343 g/mol. The summed E-state index contributed by atoms with van der Waals surface area (Å²) in [6.07, 6.45) is 3.98. The summed E-state index contributed by atoms with van der Waals surface area (Å²) < 4.78 is 0. The number of anilines is 1. The molecule has 1 aromatic carbocycles. The second-order valence-corrected chi connectivity index (χ2v) is 7.11. The van der Waals surface area contributed by atoms with Crippen LogP contribution in [0.2, 0.25) is 0 Å². The standard InChI is InChI=1S/C19H21NO3S/c1-2-20(18(21)14-10-6-7-11-14)15-12-16(24-17(15)19(22)23)13-8-4-3-5-9-13/h3-5,8-9,12,14H,2,6-7,10-11H2,1H3,(H,22,23). The van der Waals surface area contributed by atoms with Gasteiger partial charge in [-0.1, -0.05) is 43.2 Å². The van der Waals surface area contributed by atoms with E-state index in [4.69, 9.17) is 0 Å². The second kappa shape index (κ2) is 7.18. The molecule has 1 aromatic heterocycles. The van der Waals surface area contributed by atoms with Crippen molar-refractivity contribution < 1.29 is 14.7 Å². The predicted molar refractivity (Wildman–Crippen MR) is 96.7 cm³/mol. The van der Waals surface area contributed by atoms with Crippen LogP contribution < -0.4 is 4.90 Å². The molecule has 5 heteroatoms.